The molecule has 0 heterocycles. The summed E-state index contributed by atoms with van der Waals surface area (Å²) in [5.74, 6) is -0.490. The molecule has 0 bridgehead atoms. The third-order valence-electron chi connectivity index (χ3n) is 3.08. The van der Waals surface area contributed by atoms with Crippen LogP contribution >= 0.6 is 11.6 Å². The van der Waals surface area contributed by atoms with Crippen LogP contribution in [0.5, 0.6) is 0 Å². The number of carbonyl (C=O) groups excluding carboxylic acids is 1. The van der Waals surface area contributed by atoms with Gasteiger partial charge >= 0.3 is 0 Å². The number of nitrogens with one attached hydrogen (secondary N) is 2. The first-order valence-electron chi connectivity index (χ1n) is 6.52. The molecule has 0 atom stereocenters. The maximum absolute atomic E-state index is 13.0. The number of halogens is 2. The summed E-state index contributed by atoms with van der Waals surface area (Å²) < 4.78 is 13.0. The fourth-order valence-electron chi connectivity index (χ4n) is 1.88. The minimum absolute atomic E-state index is 0.0952. The summed E-state index contributed by atoms with van der Waals surface area (Å²) in [6.45, 7) is 3.77. The van der Waals surface area contributed by atoms with E-state index in [1.165, 1.54) is 12.1 Å². The second kappa shape index (κ2) is 6.59. The van der Waals surface area contributed by atoms with Crippen molar-refractivity contribution in [2.24, 2.45) is 0 Å². The fraction of sp³-hybridized carbons (Fsp3) is 0.188. The zero-order valence-electron chi connectivity index (χ0n) is 11.8. The minimum Gasteiger partial charge on any atom is -0.376 e. The summed E-state index contributed by atoms with van der Waals surface area (Å²) in [6.07, 6.45) is 0. The van der Waals surface area contributed by atoms with Gasteiger partial charge in [0.15, 0.2) is 0 Å². The Bertz CT molecular complexity index is 673. The van der Waals surface area contributed by atoms with Gasteiger partial charge in [0.25, 0.3) is 0 Å². The van der Waals surface area contributed by atoms with Crippen molar-refractivity contribution >= 4 is 28.9 Å². The highest BCUT2D eigenvalue weighted by molar-refractivity contribution is 6.31. The zero-order chi connectivity index (χ0) is 15.4. The van der Waals surface area contributed by atoms with Crippen LogP contribution in [0.15, 0.2) is 36.4 Å². The molecule has 2 rings (SSSR count). The molecule has 3 nitrogen and oxygen atoms in total. The van der Waals surface area contributed by atoms with Crippen LogP contribution in [0.1, 0.15) is 11.1 Å². The zero-order valence-corrected chi connectivity index (χ0v) is 12.6. The molecule has 2 N–H and O–H groups in total. The van der Waals surface area contributed by atoms with Gasteiger partial charge in [0, 0.05) is 16.4 Å². The van der Waals surface area contributed by atoms with Gasteiger partial charge in [-0.1, -0.05) is 17.7 Å². The number of rotatable bonds is 4. The normalized spacial score (nSPS) is 10.3. The molecule has 0 aliphatic heterocycles. The van der Waals surface area contributed by atoms with Crippen molar-refractivity contribution in [3.05, 3.63) is 58.4 Å². The lowest BCUT2D eigenvalue weighted by atomic mass is 10.2. The van der Waals surface area contributed by atoms with Crippen molar-refractivity contribution in [2.75, 3.05) is 17.2 Å². The number of aryl methyl sites for hydroxylation is 2. The van der Waals surface area contributed by atoms with Crippen LogP contribution in [0.2, 0.25) is 5.02 Å². The molecule has 0 spiro atoms. The Kier molecular flexibility index (Phi) is 4.81. The van der Waals surface area contributed by atoms with Gasteiger partial charge < -0.3 is 10.6 Å². The first-order chi connectivity index (χ1) is 9.95. The third-order valence-corrected chi connectivity index (χ3v) is 3.49. The van der Waals surface area contributed by atoms with Gasteiger partial charge in [-0.05, 0) is 55.3 Å². The highest BCUT2D eigenvalue weighted by Gasteiger charge is 2.05. The van der Waals surface area contributed by atoms with Gasteiger partial charge in [-0.25, -0.2) is 4.39 Å². The Morgan fingerprint density at radius 3 is 2.57 bits per heavy atom. The molecule has 110 valence electrons. The molecule has 2 aromatic rings. The molecule has 2 aromatic carbocycles. The van der Waals surface area contributed by atoms with Crippen LogP contribution in [-0.2, 0) is 4.79 Å². The van der Waals surface area contributed by atoms with E-state index in [2.05, 4.69) is 10.6 Å². The molecular weight excluding hydrogens is 291 g/mol. The summed E-state index contributed by atoms with van der Waals surface area (Å²) >= 11 is 6.00. The van der Waals surface area contributed by atoms with Crippen molar-refractivity contribution in [1.29, 1.82) is 0 Å². The Morgan fingerprint density at radius 2 is 1.90 bits per heavy atom. The van der Waals surface area contributed by atoms with Crippen LogP contribution in [-0.4, -0.2) is 12.5 Å². The summed E-state index contributed by atoms with van der Waals surface area (Å²) in [4.78, 5) is 11.9. The van der Waals surface area contributed by atoms with Crippen molar-refractivity contribution in [3.63, 3.8) is 0 Å². The Hall–Kier alpha value is -2.07. The van der Waals surface area contributed by atoms with Gasteiger partial charge in [0.2, 0.25) is 5.91 Å². The quantitative estimate of drug-likeness (QED) is 0.891. The monoisotopic (exact) mass is 306 g/mol. The van der Waals surface area contributed by atoms with Crippen LogP contribution in [0.3, 0.4) is 0 Å². The molecule has 21 heavy (non-hydrogen) atoms. The van der Waals surface area contributed by atoms with E-state index in [1.54, 1.807) is 25.1 Å². The number of hydrogen-bond acceptors (Lipinski definition) is 2. The number of anilines is 2. The standard InChI is InChI=1S/C16H16ClFN2O/c1-10-3-5-13(8-14(10)17)20-16(21)9-19-15-6-4-12(18)7-11(15)2/h3-8,19H,9H2,1-2H3,(H,20,21). The molecule has 0 unspecified atom stereocenters. The van der Waals surface area contributed by atoms with E-state index in [9.17, 15) is 9.18 Å². The average Bonchev–Trinajstić information content (AvgIpc) is 2.42. The van der Waals surface area contributed by atoms with Gasteiger partial charge in [-0.3, -0.25) is 4.79 Å². The van der Waals surface area contributed by atoms with Crippen molar-refractivity contribution in [2.45, 2.75) is 13.8 Å². The molecule has 0 aliphatic rings. The number of carbonyl (C=O) groups is 1. The molecule has 0 fully saturated rings. The molecule has 1 amide bonds. The predicted octanol–water partition coefficient (Wildman–Crippen LogP) is 4.15. The van der Waals surface area contributed by atoms with Crippen molar-refractivity contribution in [3.8, 4) is 0 Å². The average molecular weight is 307 g/mol. The van der Waals surface area contributed by atoms with Crippen molar-refractivity contribution in [1.82, 2.24) is 0 Å². The molecule has 0 aliphatic carbocycles. The van der Waals surface area contributed by atoms with Gasteiger partial charge in [-0.15, -0.1) is 0 Å². The van der Waals surface area contributed by atoms with Crippen LogP contribution in [0.4, 0.5) is 15.8 Å². The van der Waals surface area contributed by atoms with Gasteiger partial charge in [0.1, 0.15) is 5.82 Å². The number of amides is 1. The van der Waals surface area contributed by atoms with E-state index in [-0.39, 0.29) is 18.3 Å². The van der Waals surface area contributed by atoms with E-state index in [0.29, 0.717) is 10.7 Å². The largest absolute Gasteiger partial charge is 0.376 e. The Balaban J connectivity index is 1.94. The lowest BCUT2D eigenvalue weighted by Gasteiger charge is -2.10. The topological polar surface area (TPSA) is 41.1 Å². The third kappa shape index (κ3) is 4.20. The lowest BCUT2D eigenvalue weighted by Crippen LogP contribution is -2.22. The maximum Gasteiger partial charge on any atom is 0.243 e. The highest BCUT2D eigenvalue weighted by Crippen LogP contribution is 2.20. The van der Waals surface area contributed by atoms with Gasteiger partial charge in [-0.2, -0.15) is 0 Å². The first kappa shape index (κ1) is 15.3. The SMILES string of the molecule is Cc1ccc(NC(=O)CNc2ccc(F)cc2C)cc1Cl. The lowest BCUT2D eigenvalue weighted by molar-refractivity contribution is -0.114. The van der Waals surface area contributed by atoms with Crippen LogP contribution in [0, 0.1) is 19.7 Å². The first-order valence-corrected chi connectivity index (χ1v) is 6.89. The molecule has 0 saturated carbocycles. The molecule has 0 radical (unpaired) electrons. The Morgan fingerprint density at radius 1 is 1.14 bits per heavy atom. The Labute approximate surface area is 128 Å². The molecule has 5 heteroatoms. The van der Waals surface area contributed by atoms with E-state index in [4.69, 9.17) is 11.6 Å². The second-order valence-electron chi connectivity index (χ2n) is 4.82. The summed E-state index contributed by atoms with van der Waals surface area (Å²) in [5.41, 5.74) is 3.08. The van der Waals surface area contributed by atoms with E-state index >= 15 is 0 Å². The summed E-state index contributed by atoms with van der Waals surface area (Å²) in [5, 5.41) is 6.33. The number of hydrogen-bond donors (Lipinski definition) is 2. The summed E-state index contributed by atoms with van der Waals surface area (Å²) in [7, 11) is 0. The van der Waals surface area contributed by atoms with E-state index < -0.39 is 0 Å². The molecular formula is C16H16ClFN2O. The van der Waals surface area contributed by atoms with Crippen molar-refractivity contribution < 1.29 is 9.18 Å². The molecule has 0 aromatic heterocycles. The predicted molar refractivity (Wildman–Crippen MR) is 84.4 cm³/mol. The second-order valence-corrected chi connectivity index (χ2v) is 5.23. The van der Waals surface area contributed by atoms with E-state index in [0.717, 1.165) is 16.8 Å². The molecule has 0 saturated heterocycles. The smallest absolute Gasteiger partial charge is 0.243 e. The van der Waals surface area contributed by atoms with Gasteiger partial charge in [0.05, 0.1) is 6.54 Å². The maximum atomic E-state index is 13.0. The number of benzene rings is 2. The minimum atomic E-state index is -0.295. The summed E-state index contributed by atoms with van der Waals surface area (Å²) in [6, 6.07) is 9.73. The van der Waals surface area contributed by atoms with Crippen LogP contribution in [0.25, 0.3) is 0 Å². The van der Waals surface area contributed by atoms with E-state index in [1.807, 2.05) is 13.0 Å². The fourth-order valence-corrected chi connectivity index (χ4v) is 2.06. The van der Waals surface area contributed by atoms with Crippen LogP contribution < -0.4 is 10.6 Å². The highest BCUT2D eigenvalue weighted by atomic mass is 35.5.